The molecule has 3 heterocycles. The Hall–Kier alpha value is -2.70. The number of hydrogen-bond donors (Lipinski definition) is 1. The monoisotopic (exact) mass is 406 g/mol. The van der Waals surface area contributed by atoms with Gasteiger partial charge in [-0.1, -0.05) is 23.8 Å². The number of rotatable bonds is 7. The Morgan fingerprint density at radius 3 is 2.66 bits per heavy atom. The Labute approximate surface area is 177 Å². The Balaban J connectivity index is 1.75. The Kier molecular flexibility index (Phi) is 5.92. The van der Waals surface area contributed by atoms with E-state index in [4.69, 9.17) is 17.0 Å². The zero-order valence-electron chi connectivity index (χ0n) is 16.8. The molecule has 0 saturated carbocycles. The molecule has 150 valence electrons. The first-order chi connectivity index (χ1) is 14.2. The second-order valence-corrected chi connectivity index (χ2v) is 7.69. The van der Waals surface area contributed by atoms with Crippen molar-refractivity contribution < 1.29 is 4.74 Å². The Bertz CT molecular complexity index is 955. The lowest BCUT2D eigenvalue weighted by atomic mass is 10.0. The predicted molar refractivity (Wildman–Crippen MR) is 119 cm³/mol. The van der Waals surface area contributed by atoms with E-state index in [1.807, 2.05) is 18.3 Å². The largest absolute Gasteiger partial charge is 0.385 e. The van der Waals surface area contributed by atoms with Gasteiger partial charge in [0.25, 0.3) is 0 Å². The number of methoxy groups -OCH3 is 1. The molecule has 2 unspecified atom stereocenters. The summed E-state index contributed by atoms with van der Waals surface area (Å²) in [5.41, 5.74) is 4.57. The SMILES string of the molecule is COCCCN1C(=S)NC(c2ccccn2)C1c1cccn1-c1ccc(C)cc1. The topological polar surface area (TPSA) is 42.3 Å². The van der Waals surface area contributed by atoms with Crippen molar-refractivity contribution in [1.82, 2.24) is 19.8 Å². The third kappa shape index (κ3) is 4.04. The summed E-state index contributed by atoms with van der Waals surface area (Å²) in [4.78, 5) is 6.89. The smallest absolute Gasteiger partial charge is 0.170 e. The van der Waals surface area contributed by atoms with Crippen LogP contribution in [0.15, 0.2) is 67.0 Å². The number of ether oxygens (including phenoxy) is 1. The minimum Gasteiger partial charge on any atom is -0.385 e. The maximum absolute atomic E-state index is 5.73. The zero-order chi connectivity index (χ0) is 20.2. The highest BCUT2D eigenvalue weighted by atomic mass is 32.1. The zero-order valence-corrected chi connectivity index (χ0v) is 17.6. The molecule has 1 fully saturated rings. The average molecular weight is 407 g/mol. The molecular weight excluding hydrogens is 380 g/mol. The number of hydrogen-bond acceptors (Lipinski definition) is 3. The van der Waals surface area contributed by atoms with Crippen molar-refractivity contribution >= 4 is 17.3 Å². The van der Waals surface area contributed by atoms with Crippen molar-refractivity contribution in [3.63, 3.8) is 0 Å². The molecule has 1 aliphatic heterocycles. The highest BCUT2D eigenvalue weighted by Crippen LogP contribution is 2.39. The molecule has 6 heteroatoms. The molecule has 4 rings (SSSR count). The number of aryl methyl sites for hydroxylation is 1. The summed E-state index contributed by atoms with van der Waals surface area (Å²) in [5.74, 6) is 0. The molecule has 1 aliphatic rings. The van der Waals surface area contributed by atoms with E-state index in [9.17, 15) is 0 Å². The van der Waals surface area contributed by atoms with Crippen LogP contribution in [0, 0.1) is 6.92 Å². The number of benzene rings is 1. The van der Waals surface area contributed by atoms with Crippen LogP contribution >= 0.6 is 12.2 Å². The minimum atomic E-state index is -0.00894. The lowest BCUT2D eigenvalue weighted by molar-refractivity contribution is 0.180. The Morgan fingerprint density at radius 1 is 1.10 bits per heavy atom. The average Bonchev–Trinajstić information content (AvgIpc) is 3.34. The maximum Gasteiger partial charge on any atom is 0.170 e. The molecule has 29 heavy (non-hydrogen) atoms. The van der Waals surface area contributed by atoms with E-state index < -0.39 is 0 Å². The van der Waals surface area contributed by atoms with Gasteiger partial charge in [-0.25, -0.2) is 0 Å². The van der Waals surface area contributed by atoms with Gasteiger partial charge < -0.3 is 19.5 Å². The quantitative estimate of drug-likeness (QED) is 0.471. The molecule has 2 aromatic heterocycles. The minimum absolute atomic E-state index is 0.00894. The fraction of sp³-hybridized carbons (Fsp3) is 0.304. The second-order valence-electron chi connectivity index (χ2n) is 7.30. The highest BCUT2D eigenvalue weighted by molar-refractivity contribution is 7.80. The van der Waals surface area contributed by atoms with Crippen LogP contribution in [-0.4, -0.2) is 39.8 Å². The fourth-order valence-corrected chi connectivity index (χ4v) is 4.25. The predicted octanol–water partition coefficient (Wildman–Crippen LogP) is 4.19. The van der Waals surface area contributed by atoms with Crippen molar-refractivity contribution in [3.8, 4) is 5.69 Å². The van der Waals surface area contributed by atoms with E-state index in [2.05, 4.69) is 75.4 Å². The molecule has 0 bridgehead atoms. The van der Waals surface area contributed by atoms with Gasteiger partial charge in [0.05, 0.1) is 17.8 Å². The molecule has 0 amide bonds. The van der Waals surface area contributed by atoms with E-state index in [-0.39, 0.29) is 12.1 Å². The number of pyridine rings is 1. The van der Waals surface area contributed by atoms with Crippen molar-refractivity contribution in [2.24, 2.45) is 0 Å². The summed E-state index contributed by atoms with van der Waals surface area (Å²) in [5, 5.41) is 4.28. The molecule has 0 spiro atoms. The first-order valence-corrected chi connectivity index (χ1v) is 10.3. The number of aromatic nitrogens is 2. The standard InChI is InChI=1S/C23H26N4OS/c1-17-9-11-18(12-10-17)26-14-5-8-20(26)22-21(19-7-3-4-13-24-19)25-23(29)27(22)15-6-16-28-2/h3-5,7-14,21-22H,6,15-16H2,1-2H3,(H,25,29). The van der Waals surface area contributed by atoms with Crippen LogP contribution < -0.4 is 5.32 Å². The van der Waals surface area contributed by atoms with Crippen LogP contribution in [0.5, 0.6) is 0 Å². The van der Waals surface area contributed by atoms with Crippen molar-refractivity contribution in [1.29, 1.82) is 0 Å². The highest BCUT2D eigenvalue weighted by Gasteiger charge is 2.40. The lowest BCUT2D eigenvalue weighted by Gasteiger charge is -2.29. The van der Waals surface area contributed by atoms with Gasteiger partial charge in [-0.15, -0.1) is 0 Å². The van der Waals surface area contributed by atoms with E-state index in [1.165, 1.54) is 11.3 Å². The van der Waals surface area contributed by atoms with Crippen LogP contribution in [0.3, 0.4) is 0 Å². The van der Waals surface area contributed by atoms with E-state index in [1.54, 1.807) is 7.11 Å². The number of thiocarbonyl (C=S) groups is 1. The lowest BCUT2D eigenvalue weighted by Crippen LogP contribution is -2.32. The summed E-state index contributed by atoms with van der Waals surface area (Å²) in [7, 11) is 1.73. The third-order valence-electron chi connectivity index (χ3n) is 5.34. The molecule has 0 aliphatic carbocycles. The number of nitrogens with zero attached hydrogens (tertiary/aromatic N) is 3. The molecule has 5 nitrogen and oxygen atoms in total. The van der Waals surface area contributed by atoms with Gasteiger partial charge in [0.2, 0.25) is 0 Å². The Morgan fingerprint density at radius 2 is 1.93 bits per heavy atom. The van der Waals surface area contributed by atoms with Crippen LogP contribution in [0.2, 0.25) is 0 Å². The summed E-state index contributed by atoms with van der Waals surface area (Å²) < 4.78 is 7.52. The van der Waals surface area contributed by atoms with Crippen molar-refractivity contribution in [2.45, 2.75) is 25.4 Å². The summed E-state index contributed by atoms with van der Waals surface area (Å²) >= 11 is 5.73. The van der Waals surface area contributed by atoms with Gasteiger partial charge >= 0.3 is 0 Å². The van der Waals surface area contributed by atoms with E-state index in [0.29, 0.717) is 6.61 Å². The van der Waals surface area contributed by atoms with Gasteiger partial charge in [-0.05, 0) is 62.0 Å². The van der Waals surface area contributed by atoms with Crippen LogP contribution in [0.25, 0.3) is 5.69 Å². The van der Waals surface area contributed by atoms with Gasteiger partial charge in [0.1, 0.15) is 0 Å². The summed E-state index contributed by atoms with van der Waals surface area (Å²) in [6.45, 7) is 3.64. The molecular formula is C23H26N4OS. The van der Waals surface area contributed by atoms with E-state index >= 15 is 0 Å². The summed E-state index contributed by atoms with van der Waals surface area (Å²) in [6, 6.07) is 18.9. The molecule has 1 aromatic carbocycles. The third-order valence-corrected chi connectivity index (χ3v) is 5.69. The van der Waals surface area contributed by atoms with Gasteiger partial charge in [-0.2, -0.15) is 0 Å². The van der Waals surface area contributed by atoms with Crippen LogP contribution in [0.1, 0.15) is 35.5 Å². The molecule has 1 saturated heterocycles. The van der Waals surface area contributed by atoms with E-state index in [0.717, 1.165) is 29.5 Å². The van der Waals surface area contributed by atoms with Crippen molar-refractivity contribution in [2.75, 3.05) is 20.3 Å². The maximum atomic E-state index is 5.73. The summed E-state index contributed by atoms with van der Waals surface area (Å²) in [6.07, 6.45) is 4.86. The first-order valence-electron chi connectivity index (χ1n) is 9.90. The molecule has 1 N–H and O–H groups in total. The fourth-order valence-electron chi connectivity index (χ4n) is 3.92. The van der Waals surface area contributed by atoms with Crippen molar-refractivity contribution in [3.05, 3.63) is 83.9 Å². The normalized spacial score (nSPS) is 18.8. The van der Waals surface area contributed by atoms with Crippen LogP contribution in [-0.2, 0) is 4.74 Å². The first kappa shape index (κ1) is 19.6. The number of nitrogens with one attached hydrogen (secondary N) is 1. The van der Waals surface area contributed by atoms with Gasteiger partial charge in [-0.3, -0.25) is 4.98 Å². The molecule has 2 atom stereocenters. The van der Waals surface area contributed by atoms with Crippen LogP contribution in [0.4, 0.5) is 0 Å². The molecule has 0 radical (unpaired) electrons. The second kappa shape index (κ2) is 8.76. The molecule has 3 aromatic rings. The van der Waals surface area contributed by atoms with Gasteiger partial charge in [0.15, 0.2) is 5.11 Å². The van der Waals surface area contributed by atoms with Gasteiger partial charge in [0, 0.05) is 44.0 Å².